The van der Waals surface area contributed by atoms with Crippen molar-refractivity contribution in [2.24, 2.45) is 0 Å². The average Bonchev–Trinajstić information content (AvgIpc) is 2.85. The van der Waals surface area contributed by atoms with Crippen molar-refractivity contribution in [3.8, 4) is 0 Å². The fraction of sp³-hybridized carbons (Fsp3) is 1.00. The molecule has 0 aromatic carbocycles. The van der Waals surface area contributed by atoms with Gasteiger partial charge in [0, 0.05) is 18.7 Å². The van der Waals surface area contributed by atoms with Crippen LogP contribution in [0.2, 0.25) is 0 Å². The SMILES string of the molecule is CCCCCCCCCCCCCCCCOC1CC2CCC(C1)N2C. The highest BCUT2D eigenvalue weighted by atomic mass is 16.5. The molecule has 0 radical (unpaired) electrons. The molecule has 0 aromatic heterocycles. The highest BCUT2D eigenvalue weighted by Gasteiger charge is 2.38. The lowest BCUT2D eigenvalue weighted by Gasteiger charge is -2.36. The Morgan fingerprint density at radius 3 is 1.54 bits per heavy atom. The van der Waals surface area contributed by atoms with Crippen LogP contribution in [0.15, 0.2) is 0 Å². The topological polar surface area (TPSA) is 12.5 Å². The third kappa shape index (κ3) is 8.74. The van der Waals surface area contributed by atoms with Gasteiger partial charge in [-0.25, -0.2) is 0 Å². The molecule has 2 saturated heterocycles. The molecule has 0 aromatic rings. The summed E-state index contributed by atoms with van der Waals surface area (Å²) in [6.45, 7) is 3.30. The second-order valence-corrected chi connectivity index (χ2v) is 9.11. The minimum Gasteiger partial charge on any atom is -0.378 e. The first-order chi connectivity index (χ1) is 12.8. The number of rotatable bonds is 16. The van der Waals surface area contributed by atoms with Crippen LogP contribution in [0.3, 0.4) is 0 Å². The van der Waals surface area contributed by atoms with Crippen molar-refractivity contribution in [2.75, 3.05) is 13.7 Å². The van der Waals surface area contributed by atoms with Gasteiger partial charge in [0.1, 0.15) is 0 Å². The number of fused-ring (bicyclic) bond motifs is 2. The van der Waals surface area contributed by atoms with Crippen LogP contribution in [-0.4, -0.2) is 36.7 Å². The minimum atomic E-state index is 0.561. The third-order valence-electron chi connectivity index (χ3n) is 6.91. The summed E-state index contributed by atoms with van der Waals surface area (Å²) in [6, 6.07) is 1.63. The highest BCUT2D eigenvalue weighted by molar-refractivity contribution is 4.93. The smallest absolute Gasteiger partial charge is 0.0604 e. The molecule has 2 fully saturated rings. The lowest BCUT2D eigenvalue weighted by Crippen LogP contribution is -2.42. The first kappa shape index (κ1) is 22.2. The number of unbranched alkanes of at least 4 members (excludes halogenated alkanes) is 13. The van der Waals surface area contributed by atoms with Crippen LogP contribution >= 0.6 is 0 Å². The van der Waals surface area contributed by atoms with Gasteiger partial charge in [0.05, 0.1) is 6.10 Å². The van der Waals surface area contributed by atoms with Crippen molar-refractivity contribution >= 4 is 0 Å². The van der Waals surface area contributed by atoms with E-state index in [1.54, 1.807) is 0 Å². The standard InChI is InChI=1S/C24H47NO/c1-3-4-5-6-7-8-9-10-11-12-13-14-15-16-19-26-24-20-22-17-18-23(21-24)25(22)2/h22-24H,3-21H2,1-2H3. The second-order valence-electron chi connectivity index (χ2n) is 9.11. The van der Waals surface area contributed by atoms with Gasteiger partial charge < -0.3 is 9.64 Å². The fourth-order valence-corrected chi connectivity index (χ4v) is 5.04. The Bertz CT molecular complexity index is 318. The van der Waals surface area contributed by atoms with Gasteiger partial charge in [0.2, 0.25) is 0 Å². The molecule has 2 atom stereocenters. The summed E-state index contributed by atoms with van der Waals surface area (Å²) >= 11 is 0. The summed E-state index contributed by atoms with van der Waals surface area (Å²) in [4.78, 5) is 2.60. The molecule has 2 bridgehead atoms. The Balaban J connectivity index is 1.28. The van der Waals surface area contributed by atoms with E-state index < -0.39 is 0 Å². The predicted octanol–water partition coefficient (Wildman–Crippen LogP) is 7.11. The van der Waals surface area contributed by atoms with Crippen LogP contribution in [0, 0.1) is 0 Å². The van der Waals surface area contributed by atoms with E-state index in [9.17, 15) is 0 Å². The van der Waals surface area contributed by atoms with Gasteiger partial charge in [-0.2, -0.15) is 0 Å². The van der Waals surface area contributed by atoms with Crippen molar-refractivity contribution in [1.82, 2.24) is 4.90 Å². The Kier molecular flexibility index (Phi) is 12.0. The van der Waals surface area contributed by atoms with E-state index in [4.69, 9.17) is 4.74 Å². The summed E-state index contributed by atoms with van der Waals surface area (Å²) in [7, 11) is 2.31. The van der Waals surface area contributed by atoms with E-state index in [-0.39, 0.29) is 0 Å². The van der Waals surface area contributed by atoms with Gasteiger partial charge in [-0.1, -0.05) is 90.4 Å². The molecule has 154 valence electrons. The Morgan fingerprint density at radius 2 is 1.08 bits per heavy atom. The molecule has 2 nitrogen and oxygen atoms in total. The van der Waals surface area contributed by atoms with E-state index >= 15 is 0 Å². The van der Waals surface area contributed by atoms with Crippen LogP contribution in [0.4, 0.5) is 0 Å². The molecular formula is C24H47NO. The summed E-state index contributed by atoms with van der Waals surface area (Å²) in [6.07, 6.45) is 26.0. The van der Waals surface area contributed by atoms with Crippen molar-refractivity contribution < 1.29 is 4.74 Å². The van der Waals surface area contributed by atoms with Crippen LogP contribution in [0.25, 0.3) is 0 Å². The molecule has 0 spiro atoms. The molecule has 0 N–H and O–H groups in total. The maximum absolute atomic E-state index is 6.19. The van der Waals surface area contributed by atoms with Gasteiger partial charge >= 0.3 is 0 Å². The molecule has 0 aliphatic carbocycles. The van der Waals surface area contributed by atoms with Gasteiger partial charge in [-0.15, -0.1) is 0 Å². The zero-order valence-corrected chi connectivity index (χ0v) is 18.0. The Labute approximate surface area is 164 Å². The van der Waals surface area contributed by atoms with E-state index in [1.807, 2.05) is 0 Å². The van der Waals surface area contributed by atoms with Crippen molar-refractivity contribution in [3.63, 3.8) is 0 Å². The van der Waals surface area contributed by atoms with Crippen LogP contribution < -0.4 is 0 Å². The maximum atomic E-state index is 6.19. The van der Waals surface area contributed by atoms with E-state index in [1.165, 1.54) is 116 Å². The zero-order valence-electron chi connectivity index (χ0n) is 18.0. The predicted molar refractivity (Wildman–Crippen MR) is 114 cm³/mol. The van der Waals surface area contributed by atoms with Crippen LogP contribution in [0.5, 0.6) is 0 Å². The van der Waals surface area contributed by atoms with E-state index in [0.29, 0.717) is 6.10 Å². The third-order valence-corrected chi connectivity index (χ3v) is 6.91. The van der Waals surface area contributed by atoms with Gasteiger partial charge in [-0.3, -0.25) is 0 Å². The summed E-state index contributed by atoms with van der Waals surface area (Å²) in [5.74, 6) is 0. The number of piperidine rings is 1. The largest absolute Gasteiger partial charge is 0.378 e. The summed E-state index contributed by atoms with van der Waals surface area (Å²) in [5.41, 5.74) is 0. The molecule has 26 heavy (non-hydrogen) atoms. The maximum Gasteiger partial charge on any atom is 0.0604 e. The quantitative estimate of drug-likeness (QED) is 0.270. The molecule has 2 rings (SSSR count). The lowest BCUT2D eigenvalue weighted by atomic mass is 10.0. The van der Waals surface area contributed by atoms with Crippen molar-refractivity contribution in [3.05, 3.63) is 0 Å². The average molecular weight is 366 g/mol. The van der Waals surface area contributed by atoms with Gasteiger partial charge in [0.15, 0.2) is 0 Å². The fourth-order valence-electron chi connectivity index (χ4n) is 5.04. The number of hydrogen-bond acceptors (Lipinski definition) is 2. The first-order valence-corrected chi connectivity index (χ1v) is 12.1. The highest BCUT2D eigenvalue weighted by Crippen LogP contribution is 2.35. The first-order valence-electron chi connectivity index (χ1n) is 12.1. The molecule has 2 aliphatic rings. The normalized spacial score (nSPS) is 25.8. The molecule has 2 heterocycles. The molecule has 2 unspecified atom stereocenters. The van der Waals surface area contributed by atoms with Gasteiger partial charge in [0.25, 0.3) is 0 Å². The Morgan fingerprint density at radius 1 is 0.654 bits per heavy atom. The minimum absolute atomic E-state index is 0.561. The molecule has 0 saturated carbocycles. The molecule has 0 amide bonds. The molecule has 2 aliphatic heterocycles. The van der Waals surface area contributed by atoms with Crippen LogP contribution in [-0.2, 0) is 4.74 Å². The van der Waals surface area contributed by atoms with E-state index in [2.05, 4.69) is 18.9 Å². The lowest BCUT2D eigenvalue weighted by molar-refractivity contribution is -0.0135. The van der Waals surface area contributed by atoms with Crippen molar-refractivity contribution in [1.29, 1.82) is 0 Å². The summed E-state index contributed by atoms with van der Waals surface area (Å²) in [5, 5.41) is 0. The molecule has 2 heteroatoms. The number of ether oxygens (including phenoxy) is 1. The van der Waals surface area contributed by atoms with E-state index in [0.717, 1.165) is 18.7 Å². The number of hydrogen-bond donors (Lipinski definition) is 0. The Hall–Kier alpha value is -0.0800. The zero-order chi connectivity index (χ0) is 18.5. The summed E-state index contributed by atoms with van der Waals surface area (Å²) < 4.78 is 6.19. The van der Waals surface area contributed by atoms with Crippen molar-refractivity contribution in [2.45, 2.75) is 141 Å². The van der Waals surface area contributed by atoms with Gasteiger partial charge in [-0.05, 0) is 39.2 Å². The second kappa shape index (κ2) is 14.0. The van der Waals surface area contributed by atoms with Crippen LogP contribution in [0.1, 0.15) is 122 Å². The molecular weight excluding hydrogens is 318 g/mol. The number of nitrogens with zero attached hydrogens (tertiary/aromatic N) is 1. The monoisotopic (exact) mass is 365 g/mol.